The van der Waals surface area contributed by atoms with E-state index >= 15 is 0 Å². The molecule has 7 heteroatoms. The molecule has 0 radical (unpaired) electrons. The molecule has 12 heavy (non-hydrogen) atoms. The van der Waals surface area contributed by atoms with Crippen molar-refractivity contribution in [2.75, 3.05) is 0 Å². The first-order chi connectivity index (χ1) is 4.61. The normalized spacial score (nSPS) is 9.42. The highest BCUT2D eigenvalue weighted by molar-refractivity contribution is 7.85. The maximum atomic E-state index is 10.3. The third kappa shape index (κ3) is 3.87. The van der Waals surface area contributed by atoms with Crippen molar-refractivity contribution >= 4 is 34.9 Å². The van der Waals surface area contributed by atoms with E-state index in [0.717, 1.165) is 6.20 Å². The minimum atomic E-state index is -4.07. The molecule has 0 atom stereocenters. The summed E-state index contributed by atoms with van der Waals surface area (Å²) in [5.41, 5.74) is 0. The summed E-state index contributed by atoms with van der Waals surface area (Å²) >= 11 is 0. The molecule has 0 aliphatic carbocycles. The molecule has 1 aromatic heterocycles. The van der Waals surface area contributed by atoms with Gasteiger partial charge in [-0.1, -0.05) is 0 Å². The second-order valence-electron chi connectivity index (χ2n) is 1.66. The second-order valence-corrected chi connectivity index (χ2v) is 3.09. The highest BCUT2D eigenvalue weighted by atomic mass is 35.5. The van der Waals surface area contributed by atoms with Crippen LogP contribution in [-0.4, -0.2) is 18.0 Å². The fraction of sp³-hybridized carbons (Fsp3) is 0. The first-order valence-electron chi connectivity index (χ1n) is 2.48. The predicted molar refractivity (Wildman–Crippen MR) is 48.5 cm³/mol. The zero-order chi connectivity index (χ0) is 7.61. The van der Waals surface area contributed by atoms with Crippen molar-refractivity contribution in [1.82, 2.24) is 4.98 Å². The largest absolute Gasteiger partial charge is 0.296 e. The summed E-state index contributed by atoms with van der Waals surface area (Å²) in [6.07, 6.45) is 2.50. The van der Waals surface area contributed by atoms with Gasteiger partial charge in [-0.3, -0.25) is 9.54 Å². The molecule has 0 saturated heterocycles. The SMILES string of the molecule is Cl.Cl.O=S(=O)(O)c1cccnc1. The third-order valence-corrected chi connectivity index (χ3v) is 1.77. The quantitative estimate of drug-likeness (QED) is 0.738. The molecule has 0 unspecified atom stereocenters. The molecule has 1 rings (SSSR count). The fourth-order valence-corrected chi connectivity index (χ4v) is 0.944. The van der Waals surface area contributed by atoms with Crippen LogP contribution in [0.25, 0.3) is 0 Å². The van der Waals surface area contributed by atoms with Crippen molar-refractivity contribution in [3.8, 4) is 0 Å². The molecule has 70 valence electrons. The Morgan fingerprint density at radius 2 is 1.92 bits per heavy atom. The summed E-state index contributed by atoms with van der Waals surface area (Å²) < 4.78 is 29.1. The summed E-state index contributed by atoms with van der Waals surface area (Å²) in [5, 5.41) is 0. The Hall–Kier alpha value is -0.360. The zero-order valence-electron chi connectivity index (χ0n) is 5.75. The summed E-state index contributed by atoms with van der Waals surface area (Å²) in [5.74, 6) is 0. The van der Waals surface area contributed by atoms with Crippen molar-refractivity contribution in [2.24, 2.45) is 0 Å². The minimum Gasteiger partial charge on any atom is -0.282 e. The smallest absolute Gasteiger partial charge is 0.282 e. The Morgan fingerprint density at radius 1 is 1.33 bits per heavy atom. The van der Waals surface area contributed by atoms with E-state index < -0.39 is 10.1 Å². The van der Waals surface area contributed by atoms with Gasteiger partial charge < -0.3 is 0 Å². The Labute approximate surface area is 82.6 Å². The van der Waals surface area contributed by atoms with Gasteiger partial charge >= 0.3 is 0 Å². The lowest BCUT2D eigenvalue weighted by molar-refractivity contribution is 0.483. The van der Waals surface area contributed by atoms with Crippen LogP contribution in [0.2, 0.25) is 0 Å². The van der Waals surface area contributed by atoms with Gasteiger partial charge in [0.25, 0.3) is 10.1 Å². The monoisotopic (exact) mass is 231 g/mol. The third-order valence-electron chi connectivity index (χ3n) is 0.932. The van der Waals surface area contributed by atoms with E-state index in [2.05, 4.69) is 4.98 Å². The van der Waals surface area contributed by atoms with Crippen molar-refractivity contribution in [3.05, 3.63) is 24.5 Å². The zero-order valence-corrected chi connectivity index (χ0v) is 8.19. The molecule has 0 aliphatic rings. The van der Waals surface area contributed by atoms with Crippen LogP contribution in [0, 0.1) is 0 Å². The van der Waals surface area contributed by atoms with Gasteiger partial charge in [-0.15, -0.1) is 24.8 Å². The molecule has 0 fully saturated rings. The molecule has 0 aromatic carbocycles. The maximum Gasteiger partial charge on any atom is 0.296 e. The average molecular weight is 232 g/mol. The Morgan fingerprint density at radius 3 is 2.17 bits per heavy atom. The van der Waals surface area contributed by atoms with E-state index in [9.17, 15) is 8.42 Å². The van der Waals surface area contributed by atoms with Crippen LogP contribution >= 0.6 is 24.8 Å². The van der Waals surface area contributed by atoms with Crippen LogP contribution in [-0.2, 0) is 10.1 Å². The molecule has 0 aliphatic heterocycles. The van der Waals surface area contributed by atoms with Gasteiger partial charge in [0.15, 0.2) is 0 Å². The molecule has 1 heterocycles. The molecule has 0 spiro atoms. The van der Waals surface area contributed by atoms with Crippen LogP contribution in [0.3, 0.4) is 0 Å². The summed E-state index contributed by atoms with van der Waals surface area (Å²) in [4.78, 5) is 3.33. The Balaban J connectivity index is 0. The lowest BCUT2D eigenvalue weighted by atomic mass is 10.5. The van der Waals surface area contributed by atoms with Crippen molar-refractivity contribution in [2.45, 2.75) is 4.90 Å². The molecule has 1 N–H and O–H groups in total. The number of aromatic nitrogens is 1. The highest BCUT2D eigenvalue weighted by Gasteiger charge is 2.06. The van der Waals surface area contributed by atoms with Crippen molar-refractivity contribution < 1.29 is 13.0 Å². The van der Waals surface area contributed by atoms with E-state index in [-0.39, 0.29) is 29.7 Å². The van der Waals surface area contributed by atoms with E-state index in [1.165, 1.54) is 18.3 Å². The van der Waals surface area contributed by atoms with Crippen LogP contribution in [0.1, 0.15) is 0 Å². The van der Waals surface area contributed by atoms with Crippen molar-refractivity contribution in [3.63, 3.8) is 0 Å². The van der Waals surface area contributed by atoms with Gasteiger partial charge in [0.1, 0.15) is 4.90 Å². The van der Waals surface area contributed by atoms with Gasteiger partial charge in [0.05, 0.1) is 0 Å². The average Bonchev–Trinajstić information content (AvgIpc) is 1.88. The Kier molecular flexibility index (Phi) is 6.28. The first-order valence-corrected chi connectivity index (χ1v) is 3.92. The molecule has 0 amide bonds. The van der Waals surface area contributed by atoms with Gasteiger partial charge in [0, 0.05) is 12.4 Å². The molecule has 0 bridgehead atoms. The number of pyridine rings is 1. The summed E-state index contributed by atoms with van der Waals surface area (Å²) in [6.45, 7) is 0. The summed E-state index contributed by atoms with van der Waals surface area (Å²) in [6, 6.07) is 2.70. The molecular weight excluding hydrogens is 225 g/mol. The van der Waals surface area contributed by atoms with Gasteiger partial charge in [-0.25, -0.2) is 0 Å². The summed E-state index contributed by atoms with van der Waals surface area (Å²) in [7, 11) is -4.07. The van der Waals surface area contributed by atoms with Crippen LogP contribution in [0.5, 0.6) is 0 Å². The number of hydrogen-bond donors (Lipinski definition) is 1. The van der Waals surface area contributed by atoms with Crippen LogP contribution in [0.15, 0.2) is 29.4 Å². The minimum absolute atomic E-state index is 0. The van der Waals surface area contributed by atoms with Crippen LogP contribution in [0.4, 0.5) is 0 Å². The fourth-order valence-electron chi connectivity index (χ4n) is 0.500. The second kappa shape index (κ2) is 5.31. The van der Waals surface area contributed by atoms with E-state index in [1.807, 2.05) is 0 Å². The molecular formula is C5H7Cl2NO3S. The lowest BCUT2D eigenvalue weighted by Gasteiger charge is -1.91. The van der Waals surface area contributed by atoms with Crippen molar-refractivity contribution in [1.29, 1.82) is 0 Å². The predicted octanol–water partition coefficient (Wildman–Crippen LogP) is 1.17. The van der Waals surface area contributed by atoms with E-state index in [1.54, 1.807) is 0 Å². The number of nitrogens with zero attached hydrogens (tertiary/aromatic N) is 1. The van der Waals surface area contributed by atoms with Gasteiger partial charge in [-0.2, -0.15) is 8.42 Å². The number of rotatable bonds is 1. The van der Waals surface area contributed by atoms with Crippen LogP contribution < -0.4 is 0 Å². The maximum absolute atomic E-state index is 10.3. The standard InChI is InChI=1S/C5H5NO3S.2ClH/c7-10(8,9)5-2-1-3-6-4-5;;/h1-4H,(H,7,8,9);2*1H. The molecule has 4 nitrogen and oxygen atoms in total. The first kappa shape index (κ1) is 14.2. The van der Waals surface area contributed by atoms with E-state index in [4.69, 9.17) is 4.55 Å². The number of hydrogen-bond acceptors (Lipinski definition) is 3. The molecule has 1 aromatic rings. The Bertz CT molecular complexity index is 313. The number of halogens is 2. The topological polar surface area (TPSA) is 67.3 Å². The molecule has 0 saturated carbocycles. The van der Waals surface area contributed by atoms with E-state index in [0.29, 0.717) is 0 Å². The van der Waals surface area contributed by atoms with Gasteiger partial charge in [0.2, 0.25) is 0 Å². The lowest BCUT2D eigenvalue weighted by Crippen LogP contribution is -1.97. The highest BCUT2D eigenvalue weighted by Crippen LogP contribution is 2.03. The van der Waals surface area contributed by atoms with Gasteiger partial charge in [-0.05, 0) is 12.1 Å².